The predicted octanol–water partition coefficient (Wildman–Crippen LogP) is 1.92. The van der Waals surface area contributed by atoms with E-state index in [-0.39, 0.29) is 16.5 Å². The number of carbonyl (C=O) groups excluding carboxylic acids is 1. The molecule has 3 N–H and O–H groups in total. The highest BCUT2D eigenvalue weighted by Crippen LogP contribution is 2.33. The summed E-state index contributed by atoms with van der Waals surface area (Å²) in [6, 6.07) is 6.08. The SMILES string of the molecule is CC(C)c1sc(N2CCN(C)CC2)nc1C(=O)Nc1ccccc1S(N)(=O)=O. The maximum absolute atomic E-state index is 12.9. The summed E-state index contributed by atoms with van der Waals surface area (Å²) in [6.07, 6.45) is 0. The molecule has 1 saturated heterocycles. The minimum Gasteiger partial charge on any atom is -0.346 e. The van der Waals surface area contributed by atoms with E-state index >= 15 is 0 Å². The van der Waals surface area contributed by atoms with Gasteiger partial charge in [-0.3, -0.25) is 4.79 Å². The van der Waals surface area contributed by atoms with Crippen LogP contribution in [0.15, 0.2) is 29.2 Å². The molecule has 1 aromatic heterocycles. The van der Waals surface area contributed by atoms with Crippen LogP contribution in [0.25, 0.3) is 0 Å². The van der Waals surface area contributed by atoms with Crippen molar-refractivity contribution in [3.05, 3.63) is 34.8 Å². The van der Waals surface area contributed by atoms with Crippen LogP contribution in [0.5, 0.6) is 0 Å². The number of para-hydroxylation sites is 1. The van der Waals surface area contributed by atoms with Gasteiger partial charge in [0.1, 0.15) is 10.6 Å². The van der Waals surface area contributed by atoms with Crippen molar-refractivity contribution in [2.45, 2.75) is 24.7 Å². The fourth-order valence-corrected chi connectivity index (χ4v) is 4.82. The van der Waals surface area contributed by atoms with E-state index in [1.165, 1.54) is 23.5 Å². The zero-order valence-corrected chi connectivity index (χ0v) is 17.8. The first kappa shape index (κ1) is 20.7. The summed E-state index contributed by atoms with van der Waals surface area (Å²) in [5.74, 6) is -0.315. The fourth-order valence-electron chi connectivity index (χ4n) is 3.01. The van der Waals surface area contributed by atoms with Gasteiger partial charge in [-0.2, -0.15) is 0 Å². The van der Waals surface area contributed by atoms with Gasteiger partial charge in [-0.1, -0.05) is 26.0 Å². The first-order valence-electron chi connectivity index (χ1n) is 9.04. The Morgan fingerprint density at radius 2 is 1.86 bits per heavy atom. The Balaban J connectivity index is 1.90. The van der Waals surface area contributed by atoms with Gasteiger partial charge in [0.15, 0.2) is 5.13 Å². The van der Waals surface area contributed by atoms with Crippen molar-refractivity contribution < 1.29 is 13.2 Å². The minimum absolute atomic E-state index is 0.118. The number of likely N-dealkylation sites (N-methyl/N-ethyl adjacent to an activating group) is 1. The van der Waals surface area contributed by atoms with E-state index < -0.39 is 15.9 Å². The summed E-state index contributed by atoms with van der Waals surface area (Å²) in [5.41, 5.74) is 0.483. The van der Waals surface area contributed by atoms with Crippen LogP contribution in [0, 0.1) is 0 Å². The molecule has 1 amide bonds. The van der Waals surface area contributed by atoms with Crippen LogP contribution < -0.4 is 15.4 Å². The van der Waals surface area contributed by atoms with Gasteiger partial charge in [0, 0.05) is 31.1 Å². The number of thiazole rings is 1. The number of rotatable bonds is 5. The van der Waals surface area contributed by atoms with Crippen molar-refractivity contribution in [3.8, 4) is 0 Å². The first-order chi connectivity index (χ1) is 13.2. The molecule has 0 aliphatic carbocycles. The molecule has 10 heteroatoms. The van der Waals surface area contributed by atoms with Gasteiger partial charge in [-0.25, -0.2) is 18.5 Å². The van der Waals surface area contributed by atoms with Crippen molar-refractivity contribution >= 4 is 38.1 Å². The third kappa shape index (κ3) is 4.52. The predicted molar refractivity (Wildman–Crippen MR) is 112 cm³/mol. The number of aromatic nitrogens is 1. The normalized spacial score (nSPS) is 15.8. The average molecular weight is 424 g/mol. The van der Waals surface area contributed by atoms with Crippen molar-refractivity contribution in [1.82, 2.24) is 9.88 Å². The summed E-state index contributed by atoms with van der Waals surface area (Å²) in [6.45, 7) is 7.63. The molecule has 0 saturated carbocycles. The van der Waals surface area contributed by atoms with E-state index in [1.807, 2.05) is 13.8 Å². The van der Waals surface area contributed by atoms with Gasteiger partial charge < -0.3 is 15.1 Å². The zero-order valence-electron chi connectivity index (χ0n) is 16.2. The van der Waals surface area contributed by atoms with Gasteiger partial charge in [-0.05, 0) is 25.1 Å². The molecule has 3 rings (SSSR count). The molecule has 1 fully saturated rings. The number of primary sulfonamides is 1. The zero-order chi connectivity index (χ0) is 20.5. The summed E-state index contributed by atoms with van der Waals surface area (Å²) in [7, 11) is -1.87. The van der Waals surface area contributed by atoms with Crippen molar-refractivity contribution in [3.63, 3.8) is 0 Å². The van der Waals surface area contributed by atoms with Crippen LogP contribution in [-0.4, -0.2) is 57.4 Å². The molecule has 0 radical (unpaired) electrons. The molecule has 0 bridgehead atoms. The number of hydrogen-bond donors (Lipinski definition) is 2. The number of benzene rings is 1. The lowest BCUT2D eigenvalue weighted by Gasteiger charge is -2.32. The molecule has 2 aromatic rings. The van der Waals surface area contributed by atoms with Crippen LogP contribution in [0.1, 0.15) is 35.1 Å². The summed E-state index contributed by atoms with van der Waals surface area (Å²) >= 11 is 1.52. The number of carbonyl (C=O) groups is 1. The number of nitrogens with zero attached hydrogens (tertiary/aromatic N) is 3. The number of amides is 1. The van der Waals surface area contributed by atoms with E-state index in [0.29, 0.717) is 5.69 Å². The van der Waals surface area contributed by atoms with E-state index in [1.54, 1.807) is 12.1 Å². The van der Waals surface area contributed by atoms with E-state index in [4.69, 9.17) is 5.14 Å². The van der Waals surface area contributed by atoms with Crippen LogP contribution in [-0.2, 0) is 10.0 Å². The molecular weight excluding hydrogens is 398 g/mol. The average Bonchev–Trinajstić information content (AvgIpc) is 3.08. The maximum atomic E-state index is 12.9. The number of sulfonamides is 1. The summed E-state index contributed by atoms with van der Waals surface area (Å²) in [5, 5.41) is 8.75. The Kier molecular flexibility index (Phi) is 6.04. The lowest BCUT2D eigenvalue weighted by atomic mass is 10.1. The highest BCUT2D eigenvalue weighted by Gasteiger charge is 2.25. The van der Waals surface area contributed by atoms with Crippen LogP contribution in [0.4, 0.5) is 10.8 Å². The smallest absolute Gasteiger partial charge is 0.275 e. The Morgan fingerprint density at radius 3 is 2.46 bits per heavy atom. The fraction of sp³-hybridized carbons (Fsp3) is 0.444. The minimum atomic E-state index is -3.95. The van der Waals surface area contributed by atoms with Crippen molar-refractivity contribution in [1.29, 1.82) is 0 Å². The van der Waals surface area contributed by atoms with Gasteiger partial charge in [0.25, 0.3) is 5.91 Å². The highest BCUT2D eigenvalue weighted by molar-refractivity contribution is 7.89. The molecule has 1 aliphatic rings. The van der Waals surface area contributed by atoms with Gasteiger partial charge in [0.05, 0.1) is 5.69 Å². The largest absolute Gasteiger partial charge is 0.346 e. The van der Waals surface area contributed by atoms with Gasteiger partial charge >= 0.3 is 0 Å². The topological polar surface area (TPSA) is 109 Å². The van der Waals surface area contributed by atoms with E-state index in [9.17, 15) is 13.2 Å². The number of anilines is 2. The molecule has 0 unspecified atom stereocenters. The van der Waals surface area contributed by atoms with Crippen LogP contribution in [0.3, 0.4) is 0 Å². The summed E-state index contributed by atoms with van der Waals surface area (Å²) < 4.78 is 23.6. The Morgan fingerprint density at radius 1 is 1.21 bits per heavy atom. The van der Waals surface area contributed by atoms with Crippen LogP contribution in [0.2, 0.25) is 0 Å². The molecule has 28 heavy (non-hydrogen) atoms. The van der Waals surface area contributed by atoms with Crippen LogP contribution >= 0.6 is 11.3 Å². The molecule has 152 valence electrons. The number of nitrogens with two attached hydrogens (primary N) is 1. The monoisotopic (exact) mass is 423 g/mol. The maximum Gasteiger partial charge on any atom is 0.275 e. The Bertz CT molecular complexity index is 963. The molecule has 1 aliphatic heterocycles. The number of piperazine rings is 1. The first-order valence-corrected chi connectivity index (χ1v) is 11.4. The lowest BCUT2D eigenvalue weighted by molar-refractivity contribution is 0.102. The van der Waals surface area contributed by atoms with Gasteiger partial charge in [0.2, 0.25) is 10.0 Å². The highest BCUT2D eigenvalue weighted by atomic mass is 32.2. The third-order valence-electron chi connectivity index (χ3n) is 4.60. The van der Waals surface area contributed by atoms with Gasteiger partial charge in [-0.15, -0.1) is 11.3 Å². The van der Waals surface area contributed by atoms with Crippen molar-refractivity contribution in [2.24, 2.45) is 5.14 Å². The standard InChI is InChI=1S/C18H25N5O3S2/c1-12(2)16-15(21-18(27-16)23-10-8-22(3)9-11-23)17(24)20-13-6-4-5-7-14(13)28(19,25)26/h4-7,12H,8-11H2,1-3H3,(H,20,24)(H2,19,25,26). The number of nitrogens with one attached hydrogen (secondary N) is 1. The molecule has 8 nitrogen and oxygen atoms in total. The van der Waals surface area contributed by atoms with E-state index in [0.717, 1.165) is 36.2 Å². The third-order valence-corrected chi connectivity index (χ3v) is 6.98. The second kappa shape index (κ2) is 8.16. The summed E-state index contributed by atoms with van der Waals surface area (Å²) in [4.78, 5) is 22.7. The molecule has 0 atom stereocenters. The quantitative estimate of drug-likeness (QED) is 0.761. The molecule has 1 aromatic carbocycles. The van der Waals surface area contributed by atoms with Crippen molar-refractivity contribution in [2.75, 3.05) is 43.4 Å². The molecule has 2 heterocycles. The Labute approximate surface area is 169 Å². The van der Waals surface area contributed by atoms with E-state index in [2.05, 4.69) is 27.1 Å². The molecule has 0 spiro atoms. The second-order valence-electron chi connectivity index (χ2n) is 7.15. The second-order valence-corrected chi connectivity index (χ2v) is 9.69. The molecular formula is C18H25N5O3S2. The number of hydrogen-bond acceptors (Lipinski definition) is 7. The lowest BCUT2D eigenvalue weighted by Crippen LogP contribution is -2.44. The Hall–Kier alpha value is -2.01.